The Morgan fingerprint density at radius 3 is 2.33 bits per heavy atom. The summed E-state index contributed by atoms with van der Waals surface area (Å²) in [5.74, 6) is 0.856. The van der Waals surface area contributed by atoms with Crippen LogP contribution in [0.25, 0.3) is 0 Å². The Hall–Kier alpha value is -0.660. The maximum atomic E-state index is 5.29. The number of hydrogen-bond donors (Lipinski definition) is 2. The van der Waals surface area contributed by atoms with Crippen LogP contribution in [0.3, 0.4) is 0 Å². The van der Waals surface area contributed by atoms with Gasteiger partial charge < -0.3 is 11.1 Å². The Morgan fingerprint density at radius 2 is 2.33 bits per heavy atom. The predicted molar refractivity (Wildman–Crippen MR) is 24.9 cm³/mol. The van der Waals surface area contributed by atoms with Crippen LogP contribution in [-0.2, 0) is 0 Å². The highest BCUT2D eigenvalue weighted by Gasteiger charge is 2.04. The van der Waals surface area contributed by atoms with Crippen molar-refractivity contribution in [3.63, 3.8) is 0 Å². The lowest BCUT2D eigenvalue weighted by molar-refractivity contribution is 0.739. The summed E-state index contributed by atoms with van der Waals surface area (Å²) in [4.78, 5) is 0. The van der Waals surface area contributed by atoms with Crippen molar-refractivity contribution in [2.75, 3.05) is 6.54 Å². The van der Waals surface area contributed by atoms with E-state index in [1.807, 2.05) is 6.92 Å². The molecule has 1 rings (SSSR count). The van der Waals surface area contributed by atoms with E-state index in [0.717, 1.165) is 12.4 Å². The smallest absolute Gasteiger partial charge is 0.0969 e. The molecule has 2 heteroatoms. The van der Waals surface area contributed by atoms with Crippen molar-refractivity contribution in [2.24, 2.45) is 5.73 Å². The summed E-state index contributed by atoms with van der Waals surface area (Å²) < 4.78 is 0. The number of rotatable bonds is 0. The van der Waals surface area contributed by atoms with Gasteiger partial charge in [0, 0.05) is 6.54 Å². The first kappa shape index (κ1) is 3.53. The molecule has 6 heavy (non-hydrogen) atoms. The molecule has 0 unspecified atom stereocenters. The zero-order valence-electron chi connectivity index (χ0n) is 3.78. The van der Waals surface area contributed by atoms with Gasteiger partial charge in [0.05, 0.1) is 5.82 Å². The summed E-state index contributed by atoms with van der Waals surface area (Å²) in [5, 5.41) is 2.92. The van der Waals surface area contributed by atoms with Gasteiger partial charge in [-0.15, -0.1) is 0 Å². The van der Waals surface area contributed by atoms with Crippen molar-refractivity contribution in [1.82, 2.24) is 5.32 Å². The molecule has 0 atom stereocenters. The molecule has 0 saturated carbocycles. The van der Waals surface area contributed by atoms with E-state index in [1.54, 1.807) is 0 Å². The molecule has 34 valence electrons. The third kappa shape index (κ3) is 0.263. The highest BCUT2D eigenvalue weighted by Crippen LogP contribution is 2.01. The van der Waals surface area contributed by atoms with Gasteiger partial charge in [0.2, 0.25) is 0 Å². The second-order valence-corrected chi connectivity index (χ2v) is 1.55. The molecule has 0 radical (unpaired) electrons. The van der Waals surface area contributed by atoms with Gasteiger partial charge in [-0.25, -0.2) is 0 Å². The number of nitrogens with two attached hydrogens (primary N) is 1. The van der Waals surface area contributed by atoms with Crippen molar-refractivity contribution >= 4 is 0 Å². The van der Waals surface area contributed by atoms with Crippen molar-refractivity contribution in [1.29, 1.82) is 0 Å². The van der Waals surface area contributed by atoms with Crippen molar-refractivity contribution in [3.05, 3.63) is 11.4 Å². The second kappa shape index (κ2) is 0.899. The van der Waals surface area contributed by atoms with E-state index in [9.17, 15) is 0 Å². The highest BCUT2D eigenvalue weighted by atomic mass is 15.0. The van der Waals surface area contributed by atoms with Crippen LogP contribution in [-0.4, -0.2) is 6.54 Å². The van der Waals surface area contributed by atoms with Crippen LogP contribution in [0.2, 0.25) is 0 Å². The van der Waals surface area contributed by atoms with Crippen LogP contribution in [0.15, 0.2) is 11.4 Å². The minimum atomic E-state index is 0.856. The fraction of sp³-hybridized carbons (Fsp3) is 0.500. The summed E-state index contributed by atoms with van der Waals surface area (Å²) >= 11 is 0. The molecule has 0 aromatic carbocycles. The first-order valence-corrected chi connectivity index (χ1v) is 2.00. The minimum Gasteiger partial charge on any atom is -0.386 e. The number of hydrogen-bond acceptors (Lipinski definition) is 2. The molecular weight excluding hydrogens is 76.1 g/mol. The van der Waals surface area contributed by atoms with Crippen LogP contribution >= 0.6 is 0 Å². The van der Waals surface area contributed by atoms with Crippen molar-refractivity contribution in [2.45, 2.75) is 6.92 Å². The Balaban J connectivity index is 2.66. The molecule has 0 fully saturated rings. The summed E-state index contributed by atoms with van der Waals surface area (Å²) in [7, 11) is 0. The van der Waals surface area contributed by atoms with Crippen LogP contribution in [0.5, 0.6) is 0 Å². The lowest BCUT2D eigenvalue weighted by atomic mass is 10.2. The molecule has 1 heterocycles. The average Bonchev–Trinajstić information content (AvgIpc) is 1.61. The fourth-order valence-corrected chi connectivity index (χ4v) is 0.367. The van der Waals surface area contributed by atoms with Crippen LogP contribution in [0.4, 0.5) is 0 Å². The second-order valence-electron chi connectivity index (χ2n) is 1.55. The van der Waals surface area contributed by atoms with Crippen molar-refractivity contribution in [3.8, 4) is 0 Å². The van der Waals surface area contributed by atoms with Gasteiger partial charge in [0.1, 0.15) is 0 Å². The normalized spacial score (nSPS) is 19.5. The van der Waals surface area contributed by atoms with Gasteiger partial charge in [-0.05, 0) is 12.5 Å². The lowest BCUT2D eigenvalue weighted by Gasteiger charge is -2.18. The molecule has 0 aliphatic carbocycles. The Labute approximate surface area is 37.0 Å². The largest absolute Gasteiger partial charge is 0.386 e. The third-order valence-corrected chi connectivity index (χ3v) is 1.00. The van der Waals surface area contributed by atoms with Gasteiger partial charge in [0.15, 0.2) is 0 Å². The molecule has 0 spiro atoms. The Kier molecular flexibility index (Phi) is 0.528. The molecule has 0 amide bonds. The Bertz CT molecular complexity index is 81.7. The van der Waals surface area contributed by atoms with E-state index in [0.29, 0.717) is 0 Å². The molecule has 2 nitrogen and oxygen atoms in total. The van der Waals surface area contributed by atoms with Crippen molar-refractivity contribution < 1.29 is 0 Å². The average molecular weight is 84.1 g/mol. The molecule has 0 aromatic rings. The lowest BCUT2D eigenvalue weighted by Crippen LogP contribution is -2.33. The molecule has 1 aliphatic heterocycles. The summed E-state index contributed by atoms with van der Waals surface area (Å²) in [6.07, 6.45) is 0. The van der Waals surface area contributed by atoms with Gasteiger partial charge in [0.25, 0.3) is 0 Å². The van der Waals surface area contributed by atoms with E-state index < -0.39 is 0 Å². The van der Waals surface area contributed by atoms with E-state index in [4.69, 9.17) is 5.73 Å². The zero-order valence-corrected chi connectivity index (χ0v) is 3.78. The van der Waals surface area contributed by atoms with Gasteiger partial charge in [-0.1, -0.05) is 0 Å². The van der Waals surface area contributed by atoms with E-state index in [1.165, 1.54) is 5.57 Å². The minimum absolute atomic E-state index is 0.856. The SMILES string of the molecule is CC1=C(N)NC1. The monoisotopic (exact) mass is 84.1 g/mol. The zero-order chi connectivity index (χ0) is 4.57. The topological polar surface area (TPSA) is 38.0 Å². The summed E-state index contributed by atoms with van der Waals surface area (Å²) in [5.41, 5.74) is 6.56. The van der Waals surface area contributed by atoms with Gasteiger partial charge in [-0.3, -0.25) is 0 Å². The maximum Gasteiger partial charge on any atom is 0.0969 e. The van der Waals surface area contributed by atoms with Gasteiger partial charge >= 0.3 is 0 Å². The number of nitrogens with one attached hydrogen (secondary N) is 1. The van der Waals surface area contributed by atoms with Gasteiger partial charge in [-0.2, -0.15) is 0 Å². The fourth-order valence-electron chi connectivity index (χ4n) is 0.367. The summed E-state index contributed by atoms with van der Waals surface area (Å²) in [6, 6.07) is 0. The van der Waals surface area contributed by atoms with Crippen LogP contribution < -0.4 is 11.1 Å². The standard InChI is InChI=1S/C4H8N2/c1-3-2-6-4(3)5/h6H,2,5H2,1H3. The molecule has 0 saturated heterocycles. The first-order valence-electron chi connectivity index (χ1n) is 2.00. The third-order valence-electron chi connectivity index (χ3n) is 1.00. The quantitative estimate of drug-likeness (QED) is 0.426. The molecule has 0 aromatic heterocycles. The summed E-state index contributed by atoms with van der Waals surface area (Å²) in [6.45, 7) is 3.00. The predicted octanol–water partition coefficient (Wildman–Crippen LogP) is -0.220. The Morgan fingerprint density at radius 1 is 1.83 bits per heavy atom. The van der Waals surface area contributed by atoms with E-state index in [-0.39, 0.29) is 0 Å². The molecular formula is C4H8N2. The van der Waals surface area contributed by atoms with Crippen LogP contribution in [0.1, 0.15) is 6.92 Å². The van der Waals surface area contributed by atoms with Crippen LogP contribution in [0, 0.1) is 0 Å². The molecule has 3 N–H and O–H groups in total. The molecule has 1 aliphatic rings. The first-order chi connectivity index (χ1) is 2.80. The van der Waals surface area contributed by atoms with E-state index >= 15 is 0 Å². The maximum absolute atomic E-state index is 5.29. The highest BCUT2D eigenvalue weighted by molar-refractivity contribution is 5.18. The van der Waals surface area contributed by atoms with E-state index in [2.05, 4.69) is 5.32 Å². The molecule has 0 bridgehead atoms.